The monoisotopic (exact) mass is 557 g/mol. The highest BCUT2D eigenvalue weighted by atomic mass is 32.1. The molecule has 1 aliphatic heterocycles. The van der Waals surface area contributed by atoms with E-state index in [0.29, 0.717) is 6.42 Å². The van der Waals surface area contributed by atoms with Crippen molar-refractivity contribution in [3.63, 3.8) is 0 Å². The fourth-order valence-electron chi connectivity index (χ4n) is 3.66. The van der Waals surface area contributed by atoms with Crippen molar-refractivity contribution in [2.75, 3.05) is 11.9 Å². The number of carboxylic acids is 2. The zero-order valence-electron chi connectivity index (χ0n) is 19.9. The van der Waals surface area contributed by atoms with Crippen LogP contribution in [-0.2, 0) is 35.3 Å². The van der Waals surface area contributed by atoms with Crippen molar-refractivity contribution in [3.05, 3.63) is 49.5 Å². The van der Waals surface area contributed by atoms with E-state index in [9.17, 15) is 23.1 Å². The number of aliphatic carboxylic acids is 2. The lowest BCUT2D eigenvalue weighted by atomic mass is 10.0. The van der Waals surface area contributed by atoms with Crippen LogP contribution >= 0.6 is 22.7 Å². The van der Waals surface area contributed by atoms with Crippen LogP contribution in [0.25, 0.3) is 0 Å². The molecule has 3 aromatic heterocycles. The average molecular weight is 558 g/mol. The van der Waals surface area contributed by atoms with E-state index >= 15 is 0 Å². The first-order valence-corrected chi connectivity index (χ1v) is 13.1. The number of rotatable bonds is 9. The number of carbonyl (C=O) groups is 2. The molecular weight excluding hydrogens is 531 g/mol. The first-order chi connectivity index (χ1) is 17.5. The Balaban J connectivity index is 0.000000479. The molecule has 1 unspecified atom stereocenters. The maximum Gasteiger partial charge on any atom is 0.490 e. The molecule has 9 nitrogen and oxygen atoms in total. The van der Waals surface area contributed by atoms with Gasteiger partial charge in [0, 0.05) is 42.1 Å². The summed E-state index contributed by atoms with van der Waals surface area (Å²) in [6.07, 6.45) is 2.37. The number of aryl methyl sites for hydroxylation is 4. The summed E-state index contributed by atoms with van der Waals surface area (Å²) < 4.78 is 31.7. The van der Waals surface area contributed by atoms with E-state index in [-0.39, 0.29) is 12.3 Å². The summed E-state index contributed by atoms with van der Waals surface area (Å²) in [5, 5.41) is 31.3. The number of aromatic nitrogens is 4. The summed E-state index contributed by atoms with van der Waals surface area (Å²) in [6, 6.07) is 4.32. The van der Waals surface area contributed by atoms with Gasteiger partial charge >= 0.3 is 18.1 Å². The molecule has 3 aromatic rings. The summed E-state index contributed by atoms with van der Waals surface area (Å²) in [4.78, 5) is 30.2. The standard InChI is InChI=1S/C21H25N5O2S2.C2HF3O2/c1-13-23-12-17(29-13)15(11-20(27)28)10-19-26-25-18(30-19)6-2-5-16-8-7-14-4-3-9-22-21(14)24-16;3-2(4,5)1(6)7/h7-8,12,15H,2-6,9-11H2,1H3,(H,22,24)(H,27,28);(H,6,7). The Morgan fingerprint density at radius 3 is 2.51 bits per heavy atom. The minimum atomic E-state index is -5.08. The van der Waals surface area contributed by atoms with Crippen LogP contribution in [0.3, 0.4) is 0 Å². The summed E-state index contributed by atoms with van der Waals surface area (Å²) in [7, 11) is 0. The Hall–Kier alpha value is -3.13. The number of fused-ring (bicyclic) bond motifs is 1. The lowest BCUT2D eigenvalue weighted by Gasteiger charge is -2.17. The van der Waals surface area contributed by atoms with Crippen LogP contribution in [0.15, 0.2) is 18.3 Å². The number of carboxylic acid groups (broad SMARTS) is 2. The normalized spacial score (nSPS) is 13.6. The van der Waals surface area contributed by atoms with Crippen LogP contribution in [0.2, 0.25) is 0 Å². The van der Waals surface area contributed by atoms with Crippen molar-refractivity contribution in [3.8, 4) is 0 Å². The van der Waals surface area contributed by atoms with Gasteiger partial charge in [-0.2, -0.15) is 13.2 Å². The van der Waals surface area contributed by atoms with Gasteiger partial charge in [-0.05, 0) is 44.2 Å². The minimum absolute atomic E-state index is 0.0780. The second-order valence-electron chi connectivity index (χ2n) is 8.37. The molecule has 0 aromatic carbocycles. The fourth-order valence-corrected chi connectivity index (χ4v) is 5.51. The van der Waals surface area contributed by atoms with Crippen LogP contribution < -0.4 is 5.32 Å². The highest BCUT2D eigenvalue weighted by Crippen LogP contribution is 2.30. The van der Waals surface area contributed by atoms with E-state index < -0.39 is 18.1 Å². The molecule has 0 aliphatic carbocycles. The van der Waals surface area contributed by atoms with Crippen LogP contribution in [0, 0.1) is 6.92 Å². The van der Waals surface area contributed by atoms with Crippen LogP contribution in [0.5, 0.6) is 0 Å². The van der Waals surface area contributed by atoms with Gasteiger partial charge in [-0.1, -0.05) is 6.07 Å². The smallest absolute Gasteiger partial charge is 0.481 e. The van der Waals surface area contributed by atoms with E-state index in [2.05, 4.69) is 32.6 Å². The molecule has 1 atom stereocenters. The number of hydrogen-bond acceptors (Lipinski definition) is 9. The molecule has 1 aliphatic rings. The molecule has 0 spiro atoms. The Morgan fingerprint density at radius 1 is 1.14 bits per heavy atom. The van der Waals surface area contributed by atoms with Gasteiger partial charge in [0.1, 0.15) is 15.8 Å². The van der Waals surface area contributed by atoms with Crippen molar-refractivity contribution in [2.24, 2.45) is 0 Å². The number of pyridine rings is 1. The summed E-state index contributed by atoms with van der Waals surface area (Å²) in [5.74, 6) is -2.63. The van der Waals surface area contributed by atoms with Gasteiger partial charge < -0.3 is 15.5 Å². The molecule has 0 saturated carbocycles. The third-order valence-electron chi connectivity index (χ3n) is 5.41. The van der Waals surface area contributed by atoms with Gasteiger partial charge in [-0.15, -0.1) is 32.9 Å². The predicted molar refractivity (Wildman–Crippen MR) is 132 cm³/mol. The average Bonchev–Trinajstić information content (AvgIpc) is 3.47. The van der Waals surface area contributed by atoms with Gasteiger partial charge in [0.2, 0.25) is 0 Å². The van der Waals surface area contributed by atoms with E-state index in [1.165, 1.54) is 12.0 Å². The van der Waals surface area contributed by atoms with E-state index in [1.54, 1.807) is 28.9 Å². The molecule has 37 heavy (non-hydrogen) atoms. The third-order valence-corrected chi connectivity index (χ3v) is 7.49. The molecular formula is C23H26F3N5O4S2. The molecule has 4 rings (SSSR count). The number of alkyl halides is 3. The topological polar surface area (TPSA) is 138 Å². The van der Waals surface area contributed by atoms with Gasteiger partial charge in [0.05, 0.1) is 11.4 Å². The van der Waals surface area contributed by atoms with Crippen LogP contribution in [0.1, 0.15) is 56.3 Å². The quantitative estimate of drug-likeness (QED) is 0.343. The zero-order chi connectivity index (χ0) is 27.0. The highest BCUT2D eigenvalue weighted by Gasteiger charge is 2.38. The van der Waals surface area contributed by atoms with Gasteiger partial charge in [-0.3, -0.25) is 4.79 Å². The zero-order valence-corrected chi connectivity index (χ0v) is 21.5. The highest BCUT2D eigenvalue weighted by molar-refractivity contribution is 7.12. The largest absolute Gasteiger partial charge is 0.490 e. The van der Waals surface area contributed by atoms with E-state index in [0.717, 1.165) is 63.6 Å². The predicted octanol–water partition coefficient (Wildman–Crippen LogP) is 4.67. The lowest BCUT2D eigenvalue weighted by molar-refractivity contribution is -0.192. The molecule has 0 bridgehead atoms. The minimum Gasteiger partial charge on any atom is -0.481 e. The molecule has 3 N–H and O–H groups in total. The van der Waals surface area contributed by atoms with Crippen molar-refractivity contribution in [2.45, 2.75) is 64.0 Å². The molecule has 0 amide bonds. The van der Waals surface area contributed by atoms with Gasteiger partial charge in [0.15, 0.2) is 0 Å². The first kappa shape index (κ1) is 28.4. The first-order valence-electron chi connectivity index (χ1n) is 11.5. The Kier molecular flexibility index (Phi) is 9.92. The molecule has 14 heteroatoms. The second-order valence-corrected chi connectivity index (χ2v) is 10.8. The number of hydrogen-bond donors (Lipinski definition) is 3. The van der Waals surface area contributed by atoms with Crippen molar-refractivity contribution in [1.29, 1.82) is 0 Å². The van der Waals surface area contributed by atoms with Crippen LogP contribution in [0.4, 0.5) is 19.0 Å². The maximum atomic E-state index is 11.3. The molecule has 0 saturated heterocycles. The molecule has 4 heterocycles. The number of nitrogens with one attached hydrogen (secondary N) is 1. The van der Waals surface area contributed by atoms with Gasteiger partial charge in [0.25, 0.3) is 0 Å². The van der Waals surface area contributed by atoms with E-state index in [4.69, 9.17) is 14.9 Å². The fraction of sp³-hybridized carbons (Fsp3) is 0.478. The molecule has 0 radical (unpaired) electrons. The Bertz CT molecular complexity index is 1220. The number of halogens is 3. The van der Waals surface area contributed by atoms with Crippen molar-refractivity contribution in [1.82, 2.24) is 20.2 Å². The number of nitrogens with zero attached hydrogens (tertiary/aromatic N) is 4. The third kappa shape index (κ3) is 9.04. The van der Waals surface area contributed by atoms with Gasteiger partial charge in [-0.25, -0.2) is 14.8 Å². The van der Waals surface area contributed by atoms with Crippen molar-refractivity contribution >= 4 is 40.4 Å². The van der Waals surface area contributed by atoms with E-state index in [1.807, 2.05) is 6.92 Å². The number of thiazole rings is 1. The Morgan fingerprint density at radius 2 is 1.86 bits per heavy atom. The summed E-state index contributed by atoms with van der Waals surface area (Å²) >= 11 is 3.14. The number of anilines is 1. The molecule has 0 fully saturated rings. The maximum absolute atomic E-state index is 11.3. The SMILES string of the molecule is Cc1ncc(C(CC(=O)O)Cc2nnc(CCCc3ccc4c(n3)NCCC4)s2)s1.O=C(O)C(F)(F)F. The van der Waals surface area contributed by atoms with Crippen molar-refractivity contribution < 1.29 is 33.0 Å². The summed E-state index contributed by atoms with van der Waals surface area (Å²) in [5.41, 5.74) is 2.42. The summed E-state index contributed by atoms with van der Waals surface area (Å²) in [6.45, 7) is 2.93. The second kappa shape index (κ2) is 12.9. The molecule has 200 valence electrons. The van der Waals surface area contributed by atoms with Crippen LogP contribution in [-0.4, -0.2) is 55.0 Å². The Labute approximate surface area is 218 Å². The lowest BCUT2D eigenvalue weighted by Crippen LogP contribution is -2.21.